The summed E-state index contributed by atoms with van der Waals surface area (Å²) >= 11 is 0. The Balaban J connectivity index is 2.01. The summed E-state index contributed by atoms with van der Waals surface area (Å²) in [5.41, 5.74) is 0.539. The van der Waals surface area contributed by atoms with Gasteiger partial charge in [-0.05, 0) is 44.0 Å². The lowest BCUT2D eigenvalue weighted by molar-refractivity contribution is -0.122. The minimum atomic E-state index is -3.59. The van der Waals surface area contributed by atoms with E-state index in [-0.39, 0.29) is 22.9 Å². The third kappa shape index (κ3) is 4.27. The number of carbonyl (C=O) groups is 1. The van der Waals surface area contributed by atoms with Gasteiger partial charge in [-0.15, -0.1) is 0 Å². The van der Waals surface area contributed by atoms with Gasteiger partial charge in [0, 0.05) is 18.7 Å². The highest BCUT2D eigenvalue weighted by Gasteiger charge is 2.20. The summed E-state index contributed by atoms with van der Waals surface area (Å²) < 4.78 is 36.6. The first kappa shape index (κ1) is 16.9. The standard InChI is InChI=1S/C15H21FN2O3S/c1-10(18-15(19)9-12-4-3-7-17-12)11-5-6-14(13(16)8-11)22(2,20)21/h5-6,8,10,12,17H,3-4,7,9H2,1-2H3,(H,18,19). The van der Waals surface area contributed by atoms with E-state index in [1.54, 1.807) is 6.92 Å². The molecule has 0 bridgehead atoms. The molecule has 1 aromatic carbocycles. The Labute approximate surface area is 130 Å². The molecule has 1 saturated heterocycles. The highest BCUT2D eigenvalue weighted by Crippen LogP contribution is 2.20. The summed E-state index contributed by atoms with van der Waals surface area (Å²) in [7, 11) is -3.59. The minimum Gasteiger partial charge on any atom is -0.350 e. The molecule has 1 amide bonds. The van der Waals surface area contributed by atoms with Crippen LogP contribution in [0.5, 0.6) is 0 Å². The average molecular weight is 328 g/mol. The number of nitrogens with one attached hydrogen (secondary N) is 2. The molecule has 0 aliphatic carbocycles. The summed E-state index contributed by atoms with van der Waals surface area (Å²) in [6, 6.07) is 3.75. The topological polar surface area (TPSA) is 75.3 Å². The maximum atomic E-state index is 13.9. The summed E-state index contributed by atoms with van der Waals surface area (Å²) in [5.74, 6) is -0.891. The van der Waals surface area contributed by atoms with Crippen LogP contribution in [0.4, 0.5) is 4.39 Å². The number of halogens is 1. The molecule has 2 unspecified atom stereocenters. The fourth-order valence-electron chi connectivity index (χ4n) is 2.63. The molecule has 1 heterocycles. The van der Waals surface area contributed by atoms with E-state index in [9.17, 15) is 17.6 Å². The lowest BCUT2D eigenvalue weighted by Gasteiger charge is -2.17. The summed E-state index contributed by atoms with van der Waals surface area (Å²) in [6.07, 6.45) is 3.42. The van der Waals surface area contributed by atoms with Gasteiger partial charge in [-0.1, -0.05) is 6.07 Å². The van der Waals surface area contributed by atoms with E-state index < -0.39 is 15.7 Å². The second-order valence-electron chi connectivity index (χ2n) is 5.75. The number of rotatable bonds is 5. The van der Waals surface area contributed by atoms with Crippen LogP contribution >= 0.6 is 0 Å². The Kier molecular flexibility index (Phi) is 5.18. The molecule has 0 aromatic heterocycles. The van der Waals surface area contributed by atoms with Crippen LogP contribution in [0.15, 0.2) is 23.1 Å². The van der Waals surface area contributed by atoms with E-state index in [4.69, 9.17) is 0 Å². The van der Waals surface area contributed by atoms with E-state index in [1.807, 2.05) is 0 Å². The van der Waals surface area contributed by atoms with Crippen LogP contribution < -0.4 is 10.6 Å². The van der Waals surface area contributed by atoms with Crippen LogP contribution in [0, 0.1) is 5.82 Å². The summed E-state index contributed by atoms with van der Waals surface area (Å²) in [5, 5.41) is 6.06. The first-order chi connectivity index (χ1) is 10.3. The fraction of sp³-hybridized carbons (Fsp3) is 0.533. The zero-order valence-corrected chi connectivity index (χ0v) is 13.5. The molecule has 5 nitrogen and oxygen atoms in total. The molecular weight excluding hydrogens is 307 g/mol. The molecule has 2 N–H and O–H groups in total. The molecular formula is C15H21FN2O3S. The van der Waals surface area contributed by atoms with Crippen molar-refractivity contribution in [2.75, 3.05) is 12.8 Å². The van der Waals surface area contributed by atoms with Crippen molar-refractivity contribution < 1.29 is 17.6 Å². The van der Waals surface area contributed by atoms with Gasteiger partial charge < -0.3 is 10.6 Å². The maximum absolute atomic E-state index is 13.9. The van der Waals surface area contributed by atoms with Gasteiger partial charge in [-0.25, -0.2) is 12.8 Å². The lowest BCUT2D eigenvalue weighted by Crippen LogP contribution is -2.33. The Morgan fingerprint density at radius 3 is 2.77 bits per heavy atom. The van der Waals surface area contributed by atoms with Crippen molar-refractivity contribution in [2.24, 2.45) is 0 Å². The van der Waals surface area contributed by atoms with Crippen molar-refractivity contribution >= 4 is 15.7 Å². The molecule has 7 heteroatoms. The van der Waals surface area contributed by atoms with Gasteiger partial charge in [0.1, 0.15) is 10.7 Å². The van der Waals surface area contributed by atoms with Crippen molar-refractivity contribution in [1.29, 1.82) is 0 Å². The first-order valence-corrected chi connectivity index (χ1v) is 9.19. The maximum Gasteiger partial charge on any atom is 0.222 e. The molecule has 2 rings (SSSR count). The molecule has 22 heavy (non-hydrogen) atoms. The van der Waals surface area contributed by atoms with Crippen LogP contribution in [0.1, 0.15) is 37.8 Å². The number of sulfone groups is 1. The molecule has 0 radical (unpaired) electrons. The van der Waals surface area contributed by atoms with Gasteiger partial charge in [-0.3, -0.25) is 4.79 Å². The van der Waals surface area contributed by atoms with Crippen LogP contribution in [0.3, 0.4) is 0 Å². The number of benzene rings is 1. The monoisotopic (exact) mass is 328 g/mol. The Morgan fingerprint density at radius 1 is 1.50 bits per heavy atom. The molecule has 0 spiro atoms. The van der Waals surface area contributed by atoms with Crippen molar-refractivity contribution in [1.82, 2.24) is 10.6 Å². The van der Waals surface area contributed by atoms with Gasteiger partial charge in [0.15, 0.2) is 9.84 Å². The lowest BCUT2D eigenvalue weighted by atomic mass is 10.1. The zero-order valence-electron chi connectivity index (χ0n) is 12.7. The molecule has 0 saturated carbocycles. The van der Waals surface area contributed by atoms with Crippen LogP contribution in [-0.2, 0) is 14.6 Å². The highest BCUT2D eigenvalue weighted by molar-refractivity contribution is 7.90. The predicted octanol–water partition coefficient (Wildman–Crippen LogP) is 1.55. The number of amides is 1. The highest BCUT2D eigenvalue weighted by atomic mass is 32.2. The summed E-state index contributed by atoms with van der Waals surface area (Å²) in [6.45, 7) is 2.68. The minimum absolute atomic E-state index is 0.0977. The zero-order chi connectivity index (χ0) is 16.3. The number of hydrogen-bond donors (Lipinski definition) is 2. The number of hydrogen-bond acceptors (Lipinski definition) is 4. The fourth-order valence-corrected chi connectivity index (χ4v) is 3.35. The SMILES string of the molecule is CC(NC(=O)CC1CCCN1)c1ccc(S(C)(=O)=O)c(F)c1. The molecule has 122 valence electrons. The quantitative estimate of drug-likeness (QED) is 0.860. The van der Waals surface area contributed by atoms with Crippen LogP contribution in [0.25, 0.3) is 0 Å². The van der Waals surface area contributed by atoms with Gasteiger partial charge in [0.2, 0.25) is 5.91 Å². The second kappa shape index (κ2) is 6.75. The van der Waals surface area contributed by atoms with Crippen LogP contribution in [-0.4, -0.2) is 33.2 Å². The Bertz CT molecular complexity index is 655. The Morgan fingerprint density at radius 2 is 2.23 bits per heavy atom. The largest absolute Gasteiger partial charge is 0.350 e. The van der Waals surface area contributed by atoms with Crippen molar-refractivity contribution in [3.63, 3.8) is 0 Å². The van der Waals surface area contributed by atoms with E-state index in [1.165, 1.54) is 12.1 Å². The van der Waals surface area contributed by atoms with Gasteiger partial charge in [0.05, 0.1) is 6.04 Å². The molecule has 1 aliphatic heterocycles. The molecule has 1 fully saturated rings. The van der Waals surface area contributed by atoms with Gasteiger partial charge >= 0.3 is 0 Å². The molecule has 1 aromatic rings. The van der Waals surface area contributed by atoms with E-state index >= 15 is 0 Å². The summed E-state index contributed by atoms with van der Waals surface area (Å²) in [4.78, 5) is 11.6. The first-order valence-electron chi connectivity index (χ1n) is 7.29. The molecule has 2 atom stereocenters. The van der Waals surface area contributed by atoms with E-state index in [0.717, 1.165) is 31.7 Å². The average Bonchev–Trinajstić information content (AvgIpc) is 2.89. The van der Waals surface area contributed by atoms with Crippen molar-refractivity contribution in [3.8, 4) is 0 Å². The smallest absolute Gasteiger partial charge is 0.222 e. The normalized spacial score (nSPS) is 19.9. The van der Waals surface area contributed by atoms with Crippen molar-refractivity contribution in [3.05, 3.63) is 29.6 Å². The van der Waals surface area contributed by atoms with Gasteiger partial charge in [-0.2, -0.15) is 0 Å². The third-order valence-corrected chi connectivity index (χ3v) is 4.96. The predicted molar refractivity (Wildman–Crippen MR) is 81.7 cm³/mol. The van der Waals surface area contributed by atoms with E-state index in [2.05, 4.69) is 10.6 Å². The second-order valence-corrected chi connectivity index (χ2v) is 7.73. The van der Waals surface area contributed by atoms with Gasteiger partial charge in [0.25, 0.3) is 0 Å². The van der Waals surface area contributed by atoms with Crippen LogP contribution in [0.2, 0.25) is 0 Å². The van der Waals surface area contributed by atoms with Crippen molar-refractivity contribution in [2.45, 2.75) is 43.2 Å². The Hall–Kier alpha value is -1.47. The molecule has 1 aliphatic rings. The van der Waals surface area contributed by atoms with E-state index in [0.29, 0.717) is 12.0 Å². The number of carbonyl (C=O) groups excluding carboxylic acids is 1. The third-order valence-electron chi connectivity index (χ3n) is 3.83.